The quantitative estimate of drug-likeness (QED) is 0.825. The van der Waals surface area contributed by atoms with Crippen LogP contribution in [0.25, 0.3) is 0 Å². The lowest BCUT2D eigenvalue weighted by molar-refractivity contribution is -0.126. The van der Waals surface area contributed by atoms with Gasteiger partial charge in [0.15, 0.2) is 0 Å². The number of piperazine rings is 1. The number of nitriles is 1. The highest BCUT2D eigenvalue weighted by Crippen LogP contribution is 2.22. The molecule has 1 amide bonds. The van der Waals surface area contributed by atoms with Crippen LogP contribution in [0.5, 0.6) is 0 Å². The third-order valence-electron chi connectivity index (χ3n) is 4.75. The summed E-state index contributed by atoms with van der Waals surface area (Å²) < 4.78 is 27.0. The van der Waals surface area contributed by atoms with Gasteiger partial charge in [-0.2, -0.15) is 9.57 Å². The summed E-state index contributed by atoms with van der Waals surface area (Å²) in [6.07, 6.45) is 2.09. The van der Waals surface area contributed by atoms with Crippen LogP contribution in [0.2, 0.25) is 0 Å². The van der Waals surface area contributed by atoms with Crippen LogP contribution in [0.3, 0.4) is 0 Å². The molecule has 1 atom stereocenters. The van der Waals surface area contributed by atoms with Gasteiger partial charge in [0, 0.05) is 32.2 Å². The Morgan fingerprint density at radius 3 is 2.48 bits per heavy atom. The van der Waals surface area contributed by atoms with Gasteiger partial charge in [-0.05, 0) is 31.9 Å². The van der Waals surface area contributed by atoms with Gasteiger partial charge in [-0.1, -0.05) is 12.1 Å². The molecule has 134 valence electrons. The maximum Gasteiger partial charge on any atom is 0.244 e. The molecule has 2 fully saturated rings. The third kappa shape index (κ3) is 3.84. The van der Waals surface area contributed by atoms with Crippen LogP contribution in [-0.4, -0.2) is 61.8 Å². The van der Waals surface area contributed by atoms with Crippen LogP contribution in [0.15, 0.2) is 29.2 Å². The molecular formula is C17H22N4O3S. The van der Waals surface area contributed by atoms with Crippen LogP contribution >= 0.6 is 0 Å². The molecule has 0 unspecified atom stereocenters. The number of benzene rings is 1. The molecule has 1 saturated heterocycles. The molecule has 0 bridgehead atoms. The summed E-state index contributed by atoms with van der Waals surface area (Å²) in [6, 6.07) is 8.23. The summed E-state index contributed by atoms with van der Waals surface area (Å²) in [4.78, 5) is 14.2. The number of amides is 1. The number of hydrogen-bond acceptors (Lipinski definition) is 5. The molecule has 0 spiro atoms. The molecule has 1 aromatic carbocycles. The fourth-order valence-electron chi connectivity index (χ4n) is 2.97. The number of rotatable bonds is 5. The topological polar surface area (TPSA) is 93.5 Å². The molecule has 0 radical (unpaired) electrons. The van der Waals surface area contributed by atoms with E-state index in [9.17, 15) is 13.2 Å². The van der Waals surface area contributed by atoms with Crippen LogP contribution in [0.1, 0.15) is 25.3 Å². The average molecular weight is 362 g/mol. The molecule has 7 nitrogen and oxygen atoms in total. The molecule has 25 heavy (non-hydrogen) atoms. The highest BCUT2D eigenvalue weighted by Gasteiger charge is 2.34. The maximum atomic E-state index is 12.8. The number of nitrogens with zero attached hydrogens (tertiary/aromatic N) is 3. The molecule has 1 N–H and O–H groups in total. The second kappa shape index (κ2) is 7.12. The van der Waals surface area contributed by atoms with Gasteiger partial charge in [0.1, 0.15) is 6.07 Å². The molecule has 1 saturated carbocycles. The van der Waals surface area contributed by atoms with Gasteiger partial charge >= 0.3 is 0 Å². The van der Waals surface area contributed by atoms with Crippen molar-refractivity contribution in [3.63, 3.8) is 0 Å². The monoisotopic (exact) mass is 362 g/mol. The Hall–Kier alpha value is -1.95. The van der Waals surface area contributed by atoms with Crippen molar-refractivity contribution in [3.05, 3.63) is 29.8 Å². The van der Waals surface area contributed by atoms with Crippen molar-refractivity contribution < 1.29 is 13.2 Å². The van der Waals surface area contributed by atoms with Gasteiger partial charge in [0.2, 0.25) is 15.9 Å². The van der Waals surface area contributed by atoms with Gasteiger partial charge < -0.3 is 5.32 Å². The van der Waals surface area contributed by atoms with E-state index in [1.54, 1.807) is 12.1 Å². The minimum absolute atomic E-state index is 0.00799. The van der Waals surface area contributed by atoms with Crippen molar-refractivity contribution in [1.82, 2.24) is 14.5 Å². The standard InChI is InChI=1S/C17H22N4O3S/c1-13(17(22)19-15-6-7-15)20-8-10-21(11-9-20)25(23,24)16-5-3-2-4-14(16)12-18/h2-5,13,15H,6-11H2,1H3,(H,19,22)/t13-/m1/s1. The fraction of sp³-hybridized carbons (Fsp3) is 0.529. The second-order valence-electron chi connectivity index (χ2n) is 6.51. The Balaban J connectivity index is 1.65. The lowest BCUT2D eigenvalue weighted by Gasteiger charge is -2.36. The smallest absolute Gasteiger partial charge is 0.244 e. The van der Waals surface area contributed by atoms with Gasteiger partial charge in [0.05, 0.1) is 16.5 Å². The first-order valence-electron chi connectivity index (χ1n) is 8.47. The molecule has 1 heterocycles. The molecule has 3 rings (SSSR count). The van der Waals surface area contributed by atoms with Crippen LogP contribution in [-0.2, 0) is 14.8 Å². The first kappa shape index (κ1) is 17.9. The summed E-state index contributed by atoms with van der Waals surface area (Å²) in [5, 5.41) is 12.1. The minimum atomic E-state index is -3.70. The Bertz CT molecular complexity index is 790. The van der Waals surface area contributed by atoms with Gasteiger partial charge in [-0.3, -0.25) is 9.69 Å². The van der Waals surface area contributed by atoms with E-state index in [2.05, 4.69) is 5.32 Å². The second-order valence-corrected chi connectivity index (χ2v) is 8.41. The maximum absolute atomic E-state index is 12.8. The lowest BCUT2D eigenvalue weighted by Crippen LogP contribution is -2.55. The summed E-state index contributed by atoms with van der Waals surface area (Å²) in [6.45, 7) is 3.46. The van der Waals surface area contributed by atoms with Crippen molar-refractivity contribution >= 4 is 15.9 Å². The predicted octanol–water partition coefficient (Wildman–Crippen LogP) is 0.532. The van der Waals surface area contributed by atoms with Crippen LogP contribution in [0, 0.1) is 11.3 Å². The van der Waals surface area contributed by atoms with Crippen LogP contribution in [0.4, 0.5) is 0 Å². The highest BCUT2D eigenvalue weighted by atomic mass is 32.2. The summed E-state index contributed by atoms with van der Waals surface area (Å²) in [7, 11) is -3.70. The average Bonchev–Trinajstić information content (AvgIpc) is 3.45. The summed E-state index contributed by atoms with van der Waals surface area (Å²) >= 11 is 0. The van der Waals surface area contributed by atoms with E-state index in [4.69, 9.17) is 5.26 Å². The lowest BCUT2D eigenvalue weighted by atomic mass is 10.2. The van der Waals surface area contributed by atoms with Crippen molar-refractivity contribution in [2.45, 2.75) is 36.7 Å². The van der Waals surface area contributed by atoms with Gasteiger partial charge in [-0.25, -0.2) is 8.42 Å². The molecule has 1 aromatic rings. The van der Waals surface area contributed by atoms with E-state index in [0.717, 1.165) is 12.8 Å². The SMILES string of the molecule is C[C@H](C(=O)NC1CC1)N1CCN(S(=O)(=O)c2ccccc2C#N)CC1. The molecule has 2 aliphatic rings. The first-order valence-corrected chi connectivity index (χ1v) is 9.91. The number of carbonyl (C=O) groups excluding carboxylic acids is 1. The number of nitrogens with one attached hydrogen (secondary N) is 1. The Kier molecular flexibility index (Phi) is 5.08. The van der Waals surface area contributed by atoms with Gasteiger partial charge in [-0.15, -0.1) is 0 Å². The van der Waals surface area contributed by atoms with E-state index in [1.807, 2.05) is 17.9 Å². The largest absolute Gasteiger partial charge is 0.352 e. The number of carbonyl (C=O) groups is 1. The predicted molar refractivity (Wildman–Crippen MR) is 92.1 cm³/mol. The minimum Gasteiger partial charge on any atom is -0.352 e. The summed E-state index contributed by atoms with van der Waals surface area (Å²) in [5.74, 6) is 0.00799. The first-order chi connectivity index (χ1) is 11.9. The summed E-state index contributed by atoms with van der Waals surface area (Å²) in [5.41, 5.74) is 0.155. The van der Waals surface area contributed by atoms with E-state index in [-0.39, 0.29) is 22.4 Å². The highest BCUT2D eigenvalue weighted by molar-refractivity contribution is 7.89. The fourth-order valence-corrected chi connectivity index (χ4v) is 4.53. The third-order valence-corrected chi connectivity index (χ3v) is 6.71. The number of sulfonamides is 1. The normalized spacial score (nSPS) is 20.6. The zero-order valence-corrected chi connectivity index (χ0v) is 15.0. The zero-order valence-electron chi connectivity index (χ0n) is 14.2. The number of hydrogen-bond donors (Lipinski definition) is 1. The Morgan fingerprint density at radius 2 is 1.88 bits per heavy atom. The molecule has 1 aliphatic carbocycles. The van der Waals surface area contributed by atoms with E-state index in [0.29, 0.717) is 32.2 Å². The zero-order chi connectivity index (χ0) is 18.0. The van der Waals surface area contributed by atoms with Crippen molar-refractivity contribution in [1.29, 1.82) is 5.26 Å². The Labute approximate surface area is 148 Å². The van der Waals surface area contributed by atoms with E-state index in [1.165, 1.54) is 16.4 Å². The molecular weight excluding hydrogens is 340 g/mol. The molecule has 8 heteroatoms. The van der Waals surface area contributed by atoms with E-state index >= 15 is 0 Å². The van der Waals surface area contributed by atoms with Gasteiger partial charge in [0.25, 0.3) is 0 Å². The van der Waals surface area contributed by atoms with E-state index < -0.39 is 10.0 Å². The van der Waals surface area contributed by atoms with Crippen molar-refractivity contribution in [3.8, 4) is 6.07 Å². The van der Waals surface area contributed by atoms with Crippen LogP contribution < -0.4 is 5.32 Å². The van der Waals surface area contributed by atoms with Crippen molar-refractivity contribution in [2.24, 2.45) is 0 Å². The molecule has 1 aliphatic heterocycles. The molecule has 0 aromatic heterocycles. The van der Waals surface area contributed by atoms with Crippen molar-refractivity contribution in [2.75, 3.05) is 26.2 Å². The Morgan fingerprint density at radius 1 is 1.24 bits per heavy atom.